The van der Waals surface area contributed by atoms with Gasteiger partial charge in [0.1, 0.15) is 5.75 Å². The van der Waals surface area contributed by atoms with Crippen molar-refractivity contribution >= 4 is 40.8 Å². The van der Waals surface area contributed by atoms with Crippen molar-refractivity contribution in [3.8, 4) is 16.9 Å². The Hall–Kier alpha value is -3.23. The van der Waals surface area contributed by atoms with Gasteiger partial charge in [0.2, 0.25) is 0 Å². The van der Waals surface area contributed by atoms with Crippen molar-refractivity contribution in [1.82, 2.24) is 5.09 Å². The molecule has 34 heavy (non-hydrogen) atoms. The van der Waals surface area contributed by atoms with Crippen molar-refractivity contribution in [2.24, 2.45) is 0 Å². The van der Waals surface area contributed by atoms with Gasteiger partial charge in [-0.1, -0.05) is 84.9 Å². The minimum absolute atomic E-state index is 0.806. The highest BCUT2D eigenvalue weighted by Crippen LogP contribution is 2.49. The highest BCUT2D eigenvalue weighted by molar-refractivity contribution is 7.44. The summed E-state index contributed by atoms with van der Waals surface area (Å²) in [6.45, 7) is 0. The van der Waals surface area contributed by atoms with E-state index in [9.17, 15) is 4.89 Å². The van der Waals surface area contributed by atoms with Crippen LogP contribution in [0.4, 0.5) is 0 Å². The van der Waals surface area contributed by atoms with E-state index in [0.29, 0.717) is 0 Å². The third-order valence-electron chi connectivity index (χ3n) is 6.84. The molecule has 5 aromatic rings. The first-order chi connectivity index (χ1) is 16.8. The summed E-state index contributed by atoms with van der Waals surface area (Å²) in [5, 5.41) is 10.2. The normalized spacial score (nSPS) is 14.3. The van der Waals surface area contributed by atoms with Crippen molar-refractivity contribution < 1.29 is 9.42 Å². The number of fused-ring (bicyclic) bond motifs is 6. The second kappa shape index (κ2) is 8.85. The van der Waals surface area contributed by atoms with Crippen molar-refractivity contribution in [1.29, 1.82) is 0 Å². The maximum absolute atomic E-state index is 10.6. The SMILES string of the molecule is CNP(O)Oc1c2c(c3ccccc3c1-c1cc3ccccc3c3ccccc13)CC=CCC2. The zero-order chi connectivity index (χ0) is 23.1. The van der Waals surface area contributed by atoms with E-state index in [2.05, 4.69) is 96.1 Å². The summed E-state index contributed by atoms with van der Waals surface area (Å²) in [6, 6.07) is 28.1. The summed E-state index contributed by atoms with van der Waals surface area (Å²) < 4.78 is 6.35. The molecule has 0 aromatic heterocycles. The first-order valence-electron chi connectivity index (χ1n) is 11.7. The lowest BCUT2D eigenvalue weighted by molar-refractivity contribution is 0.473. The largest absolute Gasteiger partial charge is 0.435 e. The summed E-state index contributed by atoms with van der Waals surface area (Å²) in [5.74, 6) is 0.806. The predicted octanol–water partition coefficient (Wildman–Crippen LogP) is 7.68. The number of benzene rings is 5. The van der Waals surface area contributed by atoms with Gasteiger partial charge < -0.3 is 9.42 Å². The molecule has 0 saturated carbocycles. The Bertz CT molecular complexity index is 1570. The Balaban J connectivity index is 1.79. The molecule has 1 unspecified atom stereocenters. The van der Waals surface area contributed by atoms with Gasteiger partial charge >= 0.3 is 8.53 Å². The minimum Gasteiger partial charge on any atom is -0.435 e. The van der Waals surface area contributed by atoms with E-state index in [1.165, 1.54) is 38.1 Å². The summed E-state index contributed by atoms with van der Waals surface area (Å²) in [5.41, 5.74) is 4.70. The standard InChI is InChI=1S/C30H26NO2P/c1-31-34(32)33-30-27-18-4-2-3-13-24(27)23-15-9-10-17-26(23)29(30)28-19-20-11-5-6-12-21(20)22-14-7-8-16-25(22)28/h2-3,5-12,14-17,19,31-32H,4,13,18H2,1H3. The molecular formula is C30H26NO2P. The summed E-state index contributed by atoms with van der Waals surface area (Å²) in [6.07, 6.45) is 7.23. The zero-order valence-corrected chi connectivity index (χ0v) is 20.0. The maximum atomic E-state index is 10.6. The molecule has 168 valence electrons. The topological polar surface area (TPSA) is 41.5 Å². The van der Waals surface area contributed by atoms with Gasteiger partial charge in [-0.2, -0.15) is 0 Å². The molecule has 0 aliphatic heterocycles. The lowest BCUT2D eigenvalue weighted by Crippen LogP contribution is -2.07. The van der Waals surface area contributed by atoms with Gasteiger partial charge in [-0.15, -0.1) is 0 Å². The highest BCUT2D eigenvalue weighted by atomic mass is 31.2. The molecule has 1 aliphatic carbocycles. The van der Waals surface area contributed by atoms with E-state index in [4.69, 9.17) is 4.52 Å². The first kappa shape index (κ1) is 21.3. The summed E-state index contributed by atoms with van der Waals surface area (Å²) >= 11 is 0. The summed E-state index contributed by atoms with van der Waals surface area (Å²) in [4.78, 5) is 10.6. The monoisotopic (exact) mass is 463 g/mol. The molecule has 0 radical (unpaired) electrons. The van der Waals surface area contributed by atoms with Crippen LogP contribution in [0.1, 0.15) is 17.5 Å². The van der Waals surface area contributed by atoms with Gasteiger partial charge in [0.25, 0.3) is 0 Å². The Morgan fingerprint density at radius 1 is 0.765 bits per heavy atom. The first-order valence-corrected chi connectivity index (χ1v) is 12.9. The molecule has 3 nitrogen and oxygen atoms in total. The second-order valence-corrected chi connectivity index (χ2v) is 9.88. The second-order valence-electron chi connectivity index (χ2n) is 8.70. The smallest absolute Gasteiger partial charge is 0.315 e. The Morgan fingerprint density at radius 3 is 2.24 bits per heavy atom. The van der Waals surface area contributed by atoms with E-state index in [0.717, 1.165) is 41.5 Å². The summed E-state index contributed by atoms with van der Waals surface area (Å²) in [7, 11) is -0.0545. The van der Waals surface area contributed by atoms with Crippen LogP contribution in [0.5, 0.6) is 5.75 Å². The van der Waals surface area contributed by atoms with Gasteiger partial charge in [0, 0.05) is 5.56 Å². The van der Waals surface area contributed by atoms with Crippen molar-refractivity contribution in [3.63, 3.8) is 0 Å². The van der Waals surface area contributed by atoms with E-state index in [-0.39, 0.29) is 0 Å². The number of allylic oxidation sites excluding steroid dienone is 2. The van der Waals surface area contributed by atoms with Gasteiger partial charge in [0.05, 0.1) is 0 Å². The van der Waals surface area contributed by atoms with Crippen LogP contribution in [-0.4, -0.2) is 11.9 Å². The molecule has 2 N–H and O–H groups in total. The van der Waals surface area contributed by atoms with Crippen LogP contribution in [0.3, 0.4) is 0 Å². The van der Waals surface area contributed by atoms with Crippen molar-refractivity contribution in [2.45, 2.75) is 19.3 Å². The fourth-order valence-electron chi connectivity index (χ4n) is 5.34. The van der Waals surface area contributed by atoms with Crippen LogP contribution in [-0.2, 0) is 12.8 Å². The molecular weight excluding hydrogens is 437 g/mol. The Morgan fingerprint density at radius 2 is 1.44 bits per heavy atom. The molecule has 0 saturated heterocycles. The van der Waals surface area contributed by atoms with E-state index < -0.39 is 8.53 Å². The fourth-order valence-corrected chi connectivity index (χ4v) is 5.81. The third kappa shape index (κ3) is 3.49. The molecule has 0 heterocycles. The molecule has 0 amide bonds. The average molecular weight is 464 g/mol. The number of nitrogens with one attached hydrogen (secondary N) is 1. The van der Waals surface area contributed by atoms with Crippen molar-refractivity contribution in [2.75, 3.05) is 7.05 Å². The van der Waals surface area contributed by atoms with Crippen molar-refractivity contribution in [3.05, 3.63) is 102 Å². The Labute approximate surface area is 200 Å². The van der Waals surface area contributed by atoms with Crippen LogP contribution >= 0.6 is 8.53 Å². The van der Waals surface area contributed by atoms with E-state index >= 15 is 0 Å². The molecule has 1 aliphatic rings. The minimum atomic E-state index is -1.79. The van der Waals surface area contributed by atoms with Crippen LogP contribution in [0.2, 0.25) is 0 Å². The molecule has 4 heteroatoms. The molecule has 0 fully saturated rings. The Kier molecular flexibility index (Phi) is 5.55. The van der Waals surface area contributed by atoms with Gasteiger partial charge in [0.15, 0.2) is 0 Å². The van der Waals surface area contributed by atoms with Crippen LogP contribution in [0.25, 0.3) is 43.4 Å². The number of hydrogen-bond acceptors (Lipinski definition) is 3. The quantitative estimate of drug-likeness (QED) is 0.163. The lowest BCUT2D eigenvalue weighted by Gasteiger charge is -2.24. The van der Waals surface area contributed by atoms with Gasteiger partial charge in [-0.25, -0.2) is 5.09 Å². The van der Waals surface area contributed by atoms with E-state index in [1.807, 2.05) is 0 Å². The lowest BCUT2D eigenvalue weighted by atomic mass is 9.85. The van der Waals surface area contributed by atoms with Crippen LogP contribution < -0.4 is 9.61 Å². The number of rotatable bonds is 4. The van der Waals surface area contributed by atoms with E-state index in [1.54, 1.807) is 7.05 Å². The zero-order valence-electron chi connectivity index (χ0n) is 19.1. The third-order valence-corrected chi connectivity index (χ3v) is 7.58. The maximum Gasteiger partial charge on any atom is 0.315 e. The van der Waals surface area contributed by atoms with Crippen LogP contribution in [0, 0.1) is 0 Å². The molecule has 1 atom stereocenters. The van der Waals surface area contributed by atoms with Gasteiger partial charge in [-0.3, -0.25) is 0 Å². The van der Waals surface area contributed by atoms with Gasteiger partial charge in [-0.05, 0) is 81.4 Å². The molecule has 0 bridgehead atoms. The molecule has 0 spiro atoms. The number of hydrogen-bond donors (Lipinski definition) is 2. The predicted molar refractivity (Wildman–Crippen MR) is 144 cm³/mol. The van der Waals surface area contributed by atoms with Crippen LogP contribution in [0.15, 0.2) is 91.0 Å². The molecule has 6 rings (SSSR count). The fraction of sp³-hybridized carbons (Fsp3) is 0.133. The molecule has 5 aromatic carbocycles. The highest BCUT2D eigenvalue weighted by Gasteiger charge is 2.25. The average Bonchev–Trinajstić information content (AvgIpc) is 3.15.